The molecule has 1 rings (SSSR count). The summed E-state index contributed by atoms with van der Waals surface area (Å²) in [7, 11) is 0. The van der Waals surface area contributed by atoms with Gasteiger partial charge in [-0.15, -0.1) is 0 Å². The summed E-state index contributed by atoms with van der Waals surface area (Å²) >= 11 is 0. The van der Waals surface area contributed by atoms with E-state index in [1.165, 1.54) is 0 Å². The summed E-state index contributed by atoms with van der Waals surface area (Å²) < 4.78 is 4.55. The predicted octanol–water partition coefficient (Wildman–Crippen LogP) is 1.31. The Balaban J connectivity index is 0.000001000. The van der Waals surface area contributed by atoms with Crippen molar-refractivity contribution < 1.29 is 9.53 Å². The molecular formula is C7H10N2O2. The van der Waals surface area contributed by atoms with Crippen LogP contribution >= 0.6 is 0 Å². The molecule has 0 aromatic heterocycles. The van der Waals surface area contributed by atoms with Crippen molar-refractivity contribution in [2.75, 3.05) is 0 Å². The maximum Gasteiger partial charge on any atom is 0.409 e. The number of nitrogens with two attached hydrogens (primary N) is 1. The van der Waals surface area contributed by atoms with E-state index in [4.69, 9.17) is 5.73 Å². The van der Waals surface area contributed by atoms with Gasteiger partial charge in [0.25, 0.3) is 0 Å². The second-order valence-electron chi connectivity index (χ2n) is 1.73. The molecule has 60 valence electrons. The first-order valence-corrected chi connectivity index (χ1v) is 2.81. The van der Waals surface area contributed by atoms with E-state index in [0.717, 1.165) is 0 Å². The van der Waals surface area contributed by atoms with Crippen molar-refractivity contribution in [1.82, 2.24) is 6.15 Å². The number of para-hydroxylation sites is 1. The van der Waals surface area contributed by atoms with Gasteiger partial charge in [0, 0.05) is 0 Å². The van der Waals surface area contributed by atoms with Gasteiger partial charge in [0.05, 0.1) is 0 Å². The molecule has 0 saturated carbocycles. The van der Waals surface area contributed by atoms with Crippen LogP contribution in [0, 0.1) is 0 Å². The first-order valence-electron chi connectivity index (χ1n) is 2.81. The highest BCUT2D eigenvalue weighted by atomic mass is 16.5. The lowest BCUT2D eigenvalue weighted by Gasteiger charge is -1.96. The van der Waals surface area contributed by atoms with Gasteiger partial charge in [-0.1, -0.05) is 18.2 Å². The molecule has 0 atom stereocenters. The molecule has 0 spiro atoms. The number of hydrogen-bond acceptors (Lipinski definition) is 3. The van der Waals surface area contributed by atoms with Gasteiger partial charge in [0.2, 0.25) is 0 Å². The predicted molar refractivity (Wildman–Crippen MR) is 41.7 cm³/mol. The number of benzene rings is 1. The van der Waals surface area contributed by atoms with Crippen LogP contribution in [0.3, 0.4) is 0 Å². The summed E-state index contributed by atoms with van der Waals surface area (Å²) in [5.74, 6) is 0.468. The maximum absolute atomic E-state index is 10.2. The third-order valence-corrected chi connectivity index (χ3v) is 0.962. The molecule has 5 N–H and O–H groups in total. The van der Waals surface area contributed by atoms with E-state index in [2.05, 4.69) is 4.74 Å². The third kappa shape index (κ3) is 3.22. The van der Waals surface area contributed by atoms with Crippen molar-refractivity contribution in [3.8, 4) is 5.75 Å². The van der Waals surface area contributed by atoms with Crippen LogP contribution in [-0.2, 0) is 0 Å². The molecule has 4 heteroatoms. The Bertz CT molecular complexity index is 223. The first kappa shape index (κ1) is 9.45. The highest BCUT2D eigenvalue weighted by Crippen LogP contribution is 2.07. The Hall–Kier alpha value is -1.55. The van der Waals surface area contributed by atoms with Gasteiger partial charge in [0.15, 0.2) is 0 Å². The highest BCUT2D eigenvalue weighted by Gasteiger charge is 1.93. The summed E-state index contributed by atoms with van der Waals surface area (Å²) in [6.07, 6.45) is -0.786. The lowest BCUT2D eigenvalue weighted by atomic mass is 10.3. The topological polar surface area (TPSA) is 87.3 Å². The third-order valence-electron chi connectivity index (χ3n) is 0.962. The minimum Gasteiger partial charge on any atom is -0.411 e. The molecule has 0 heterocycles. The van der Waals surface area contributed by atoms with Crippen molar-refractivity contribution in [1.29, 1.82) is 0 Å². The van der Waals surface area contributed by atoms with Crippen molar-refractivity contribution >= 4 is 6.09 Å². The standard InChI is InChI=1S/C7H7NO2.H3N/c8-7(9)10-6-4-2-1-3-5-6;/h1-5H,(H2,8,9);1H3. The zero-order chi connectivity index (χ0) is 7.40. The lowest BCUT2D eigenvalue weighted by Crippen LogP contribution is -2.15. The van der Waals surface area contributed by atoms with Crippen LogP contribution in [0.15, 0.2) is 30.3 Å². The van der Waals surface area contributed by atoms with Gasteiger partial charge in [0.1, 0.15) is 5.75 Å². The number of rotatable bonds is 1. The normalized spacial score (nSPS) is 8.00. The molecule has 11 heavy (non-hydrogen) atoms. The molecule has 1 amide bonds. The van der Waals surface area contributed by atoms with Crippen molar-refractivity contribution in [3.05, 3.63) is 30.3 Å². The molecule has 0 saturated heterocycles. The van der Waals surface area contributed by atoms with Gasteiger partial charge in [-0.3, -0.25) is 0 Å². The second-order valence-corrected chi connectivity index (χ2v) is 1.73. The summed E-state index contributed by atoms with van der Waals surface area (Å²) in [6, 6.07) is 8.67. The minimum atomic E-state index is -0.786. The van der Waals surface area contributed by atoms with Crippen molar-refractivity contribution in [2.45, 2.75) is 0 Å². The van der Waals surface area contributed by atoms with Gasteiger partial charge < -0.3 is 16.6 Å². The van der Waals surface area contributed by atoms with E-state index in [9.17, 15) is 4.79 Å². The van der Waals surface area contributed by atoms with E-state index in [-0.39, 0.29) is 6.15 Å². The fourth-order valence-corrected chi connectivity index (χ4v) is 0.605. The van der Waals surface area contributed by atoms with Crippen LogP contribution in [0.1, 0.15) is 0 Å². The van der Waals surface area contributed by atoms with Gasteiger partial charge in [-0.25, -0.2) is 4.79 Å². The molecule has 4 nitrogen and oxygen atoms in total. The Morgan fingerprint density at radius 3 is 2.27 bits per heavy atom. The van der Waals surface area contributed by atoms with Crippen LogP contribution in [0.2, 0.25) is 0 Å². The van der Waals surface area contributed by atoms with Crippen LogP contribution in [0.25, 0.3) is 0 Å². The highest BCUT2D eigenvalue weighted by molar-refractivity contribution is 5.67. The van der Waals surface area contributed by atoms with Gasteiger partial charge in [-0.2, -0.15) is 0 Å². The monoisotopic (exact) mass is 154 g/mol. The summed E-state index contributed by atoms with van der Waals surface area (Å²) in [5.41, 5.74) is 4.76. The summed E-state index contributed by atoms with van der Waals surface area (Å²) in [4.78, 5) is 10.2. The molecule has 0 bridgehead atoms. The van der Waals surface area contributed by atoms with Crippen LogP contribution in [0.4, 0.5) is 4.79 Å². The van der Waals surface area contributed by atoms with E-state index in [0.29, 0.717) is 5.75 Å². The zero-order valence-corrected chi connectivity index (χ0v) is 5.99. The smallest absolute Gasteiger partial charge is 0.409 e. The Labute approximate surface area is 64.5 Å². The molecule has 0 aliphatic heterocycles. The summed E-state index contributed by atoms with van der Waals surface area (Å²) in [6.45, 7) is 0. The number of carbonyl (C=O) groups is 1. The van der Waals surface area contributed by atoms with E-state index in [1.807, 2.05) is 6.07 Å². The first-order chi connectivity index (χ1) is 4.79. The zero-order valence-electron chi connectivity index (χ0n) is 5.99. The van der Waals surface area contributed by atoms with E-state index in [1.54, 1.807) is 24.3 Å². The quantitative estimate of drug-likeness (QED) is 0.639. The summed E-state index contributed by atoms with van der Waals surface area (Å²) in [5, 5.41) is 0. The Kier molecular flexibility index (Phi) is 3.69. The molecular weight excluding hydrogens is 144 g/mol. The fraction of sp³-hybridized carbons (Fsp3) is 0. The fourth-order valence-electron chi connectivity index (χ4n) is 0.605. The number of primary amides is 1. The number of amides is 1. The molecule has 1 aromatic carbocycles. The Morgan fingerprint density at radius 2 is 1.82 bits per heavy atom. The maximum atomic E-state index is 10.2. The number of carbonyl (C=O) groups excluding carboxylic acids is 1. The van der Waals surface area contributed by atoms with Crippen LogP contribution < -0.4 is 16.6 Å². The molecule has 0 radical (unpaired) electrons. The lowest BCUT2D eigenvalue weighted by molar-refractivity contribution is 0.211. The largest absolute Gasteiger partial charge is 0.411 e. The van der Waals surface area contributed by atoms with Crippen LogP contribution in [0.5, 0.6) is 5.75 Å². The average molecular weight is 154 g/mol. The molecule has 0 unspecified atom stereocenters. The molecule has 0 aliphatic rings. The second kappa shape index (κ2) is 4.29. The van der Waals surface area contributed by atoms with E-state index < -0.39 is 6.09 Å². The Morgan fingerprint density at radius 1 is 1.27 bits per heavy atom. The molecule has 0 aliphatic carbocycles. The van der Waals surface area contributed by atoms with E-state index >= 15 is 0 Å². The van der Waals surface area contributed by atoms with Gasteiger partial charge in [-0.05, 0) is 12.1 Å². The number of hydrogen-bond donors (Lipinski definition) is 2. The number of ether oxygens (including phenoxy) is 1. The minimum absolute atomic E-state index is 0. The van der Waals surface area contributed by atoms with Gasteiger partial charge >= 0.3 is 6.09 Å². The van der Waals surface area contributed by atoms with Crippen molar-refractivity contribution in [2.24, 2.45) is 5.73 Å². The van der Waals surface area contributed by atoms with Crippen LogP contribution in [-0.4, -0.2) is 6.09 Å². The average Bonchev–Trinajstić information content (AvgIpc) is 1.88. The molecule has 0 fully saturated rings. The SMILES string of the molecule is N.NC(=O)Oc1ccccc1. The van der Waals surface area contributed by atoms with Crippen molar-refractivity contribution in [3.63, 3.8) is 0 Å². The molecule has 1 aromatic rings.